The lowest BCUT2D eigenvalue weighted by Crippen LogP contribution is -2.12. The second-order valence-corrected chi connectivity index (χ2v) is 5.21. The molecule has 0 heterocycles. The third-order valence-electron chi connectivity index (χ3n) is 3.25. The van der Waals surface area contributed by atoms with Crippen molar-refractivity contribution in [3.8, 4) is 0 Å². The molecule has 1 rings (SSSR count). The van der Waals surface area contributed by atoms with Crippen LogP contribution in [0.2, 0.25) is 5.02 Å². The summed E-state index contributed by atoms with van der Waals surface area (Å²) in [6.07, 6.45) is 8.15. The lowest BCUT2D eigenvalue weighted by Gasteiger charge is -2.13. The summed E-state index contributed by atoms with van der Waals surface area (Å²) in [6, 6.07) is 4.79. The van der Waals surface area contributed by atoms with Gasteiger partial charge in [0, 0.05) is 11.6 Å². The number of rotatable bonds is 8. The smallest absolute Gasteiger partial charge is 0.146 e. The van der Waals surface area contributed by atoms with Crippen LogP contribution in [0.4, 0.5) is 4.39 Å². The summed E-state index contributed by atoms with van der Waals surface area (Å²) < 4.78 is 13.7. The molecule has 2 N–H and O–H groups in total. The second-order valence-electron chi connectivity index (χ2n) is 4.81. The van der Waals surface area contributed by atoms with Crippen molar-refractivity contribution in [2.45, 2.75) is 57.9 Å². The van der Waals surface area contributed by atoms with E-state index >= 15 is 0 Å². The minimum atomic E-state index is -0.363. The van der Waals surface area contributed by atoms with Crippen molar-refractivity contribution in [3.63, 3.8) is 0 Å². The van der Waals surface area contributed by atoms with Crippen molar-refractivity contribution in [1.29, 1.82) is 0 Å². The molecule has 0 aromatic heterocycles. The highest BCUT2D eigenvalue weighted by atomic mass is 35.5. The summed E-state index contributed by atoms with van der Waals surface area (Å²) in [5.41, 5.74) is 6.54. The molecule has 1 unspecified atom stereocenters. The van der Waals surface area contributed by atoms with Crippen molar-refractivity contribution in [1.82, 2.24) is 0 Å². The molecule has 0 aliphatic heterocycles. The molecule has 0 aliphatic rings. The Hall–Kier alpha value is -0.600. The summed E-state index contributed by atoms with van der Waals surface area (Å²) in [5, 5.41) is 0.158. The molecule has 0 spiro atoms. The van der Waals surface area contributed by atoms with Gasteiger partial charge in [-0.25, -0.2) is 4.39 Å². The maximum atomic E-state index is 13.7. The molecule has 1 atom stereocenters. The average molecular weight is 272 g/mol. The molecule has 1 nitrogen and oxygen atoms in total. The van der Waals surface area contributed by atoms with Crippen LogP contribution in [0.1, 0.15) is 63.5 Å². The fourth-order valence-corrected chi connectivity index (χ4v) is 2.29. The molecular formula is C15H23ClFN. The van der Waals surface area contributed by atoms with Crippen molar-refractivity contribution in [2.24, 2.45) is 5.73 Å². The topological polar surface area (TPSA) is 26.0 Å². The first-order valence-electron chi connectivity index (χ1n) is 6.86. The summed E-state index contributed by atoms with van der Waals surface area (Å²) in [6.45, 7) is 2.21. The van der Waals surface area contributed by atoms with Gasteiger partial charge in [0.05, 0.1) is 5.02 Å². The first kappa shape index (κ1) is 15.5. The van der Waals surface area contributed by atoms with E-state index < -0.39 is 0 Å². The standard InChI is InChI=1S/C15H23ClFN/c1-2-3-4-5-6-7-11-14(18)12-9-8-10-13(16)15(12)17/h8-10,14H,2-7,11,18H2,1H3. The Morgan fingerprint density at radius 2 is 1.83 bits per heavy atom. The van der Waals surface area contributed by atoms with Gasteiger partial charge in [-0.2, -0.15) is 0 Å². The van der Waals surface area contributed by atoms with E-state index in [1.165, 1.54) is 32.1 Å². The van der Waals surface area contributed by atoms with E-state index in [9.17, 15) is 4.39 Å². The van der Waals surface area contributed by atoms with Crippen LogP contribution in [0.5, 0.6) is 0 Å². The van der Waals surface area contributed by atoms with Crippen molar-refractivity contribution < 1.29 is 4.39 Å². The molecule has 0 bridgehead atoms. The Bertz CT molecular complexity index is 354. The Balaban J connectivity index is 2.32. The minimum absolute atomic E-state index is 0.158. The summed E-state index contributed by atoms with van der Waals surface area (Å²) in [7, 11) is 0. The summed E-state index contributed by atoms with van der Waals surface area (Å²) in [4.78, 5) is 0. The quantitative estimate of drug-likeness (QED) is 0.644. The van der Waals surface area contributed by atoms with Gasteiger partial charge in [0.1, 0.15) is 5.82 Å². The van der Waals surface area contributed by atoms with Gasteiger partial charge < -0.3 is 5.73 Å². The lowest BCUT2D eigenvalue weighted by molar-refractivity contribution is 0.523. The highest BCUT2D eigenvalue weighted by Gasteiger charge is 2.13. The molecule has 0 amide bonds. The number of hydrogen-bond donors (Lipinski definition) is 1. The molecule has 0 saturated heterocycles. The molecule has 18 heavy (non-hydrogen) atoms. The number of nitrogens with two attached hydrogens (primary N) is 1. The zero-order chi connectivity index (χ0) is 13.4. The van der Waals surface area contributed by atoms with Gasteiger partial charge in [-0.3, -0.25) is 0 Å². The van der Waals surface area contributed by atoms with Crippen molar-refractivity contribution in [3.05, 3.63) is 34.6 Å². The molecule has 1 aromatic rings. The Kier molecular flexibility index (Phi) is 7.29. The predicted octanol–water partition coefficient (Wildman–Crippen LogP) is 5.23. The second kappa shape index (κ2) is 8.49. The van der Waals surface area contributed by atoms with Crippen LogP contribution >= 0.6 is 11.6 Å². The van der Waals surface area contributed by atoms with E-state index in [1.54, 1.807) is 18.2 Å². The molecule has 3 heteroatoms. The summed E-state index contributed by atoms with van der Waals surface area (Å²) in [5.74, 6) is -0.363. The van der Waals surface area contributed by atoms with Crippen LogP contribution in [0.15, 0.2) is 18.2 Å². The third-order valence-corrected chi connectivity index (χ3v) is 3.54. The van der Waals surface area contributed by atoms with Crippen LogP contribution in [-0.2, 0) is 0 Å². The monoisotopic (exact) mass is 271 g/mol. The fourth-order valence-electron chi connectivity index (χ4n) is 2.11. The number of hydrogen-bond acceptors (Lipinski definition) is 1. The molecule has 0 fully saturated rings. The van der Waals surface area contributed by atoms with Gasteiger partial charge in [0.15, 0.2) is 0 Å². The van der Waals surface area contributed by atoms with Crippen molar-refractivity contribution >= 4 is 11.6 Å². The van der Waals surface area contributed by atoms with Gasteiger partial charge in [-0.15, -0.1) is 0 Å². The zero-order valence-corrected chi connectivity index (χ0v) is 11.8. The molecular weight excluding hydrogens is 249 g/mol. The predicted molar refractivity (Wildman–Crippen MR) is 76.3 cm³/mol. The normalized spacial score (nSPS) is 12.7. The van der Waals surface area contributed by atoms with E-state index in [0.717, 1.165) is 12.8 Å². The van der Waals surface area contributed by atoms with E-state index in [4.69, 9.17) is 17.3 Å². The maximum absolute atomic E-state index is 13.7. The Labute approximate surface area is 115 Å². The maximum Gasteiger partial charge on any atom is 0.146 e. The van der Waals surface area contributed by atoms with Gasteiger partial charge in [0.2, 0.25) is 0 Å². The lowest BCUT2D eigenvalue weighted by atomic mass is 10.00. The molecule has 0 radical (unpaired) electrons. The van der Waals surface area contributed by atoms with Crippen LogP contribution in [0.3, 0.4) is 0 Å². The Morgan fingerprint density at radius 3 is 2.56 bits per heavy atom. The van der Waals surface area contributed by atoms with Crippen LogP contribution in [0, 0.1) is 5.82 Å². The van der Waals surface area contributed by atoms with Crippen LogP contribution < -0.4 is 5.73 Å². The third kappa shape index (κ3) is 4.95. The molecule has 0 aliphatic carbocycles. The molecule has 102 valence electrons. The van der Waals surface area contributed by atoms with Gasteiger partial charge in [-0.05, 0) is 12.5 Å². The van der Waals surface area contributed by atoms with Crippen LogP contribution in [-0.4, -0.2) is 0 Å². The number of unbranched alkanes of at least 4 members (excludes halogenated alkanes) is 5. The van der Waals surface area contributed by atoms with E-state index in [2.05, 4.69) is 6.92 Å². The van der Waals surface area contributed by atoms with Gasteiger partial charge in [-0.1, -0.05) is 69.2 Å². The van der Waals surface area contributed by atoms with E-state index in [0.29, 0.717) is 5.56 Å². The van der Waals surface area contributed by atoms with Crippen molar-refractivity contribution in [2.75, 3.05) is 0 Å². The zero-order valence-electron chi connectivity index (χ0n) is 11.1. The fraction of sp³-hybridized carbons (Fsp3) is 0.600. The molecule has 0 saturated carbocycles. The average Bonchev–Trinajstić information content (AvgIpc) is 2.36. The van der Waals surface area contributed by atoms with E-state index in [1.807, 2.05) is 0 Å². The SMILES string of the molecule is CCCCCCCCC(N)c1cccc(Cl)c1F. The summed E-state index contributed by atoms with van der Waals surface area (Å²) >= 11 is 5.75. The molecule has 1 aromatic carbocycles. The first-order valence-corrected chi connectivity index (χ1v) is 7.24. The van der Waals surface area contributed by atoms with E-state index in [-0.39, 0.29) is 16.9 Å². The highest BCUT2D eigenvalue weighted by Crippen LogP contribution is 2.25. The van der Waals surface area contributed by atoms with Gasteiger partial charge in [0.25, 0.3) is 0 Å². The minimum Gasteiger partial charge on any atom is -0.324 e. The van der Waals surface area contributed by atoms with Gasteiger partial charge >= 0.3 is 0 Å². The number of halogens is 2. The highest BCUT2D eigenvalue weighted by molar-refractivity contribution is 6.30. The Morgan fingerprint density at radius 1 is 1.17 bits per heavy atom. The largest absolute Gasteiger partial charge is 0.324 e. The van der Waals surface area contributed by atoms with Crippen LogP contribution in [0.25, 0.3) is 0 Å². The first-order chi connectivity index (χ1) is 8.66. The number of benzene rings is 1.